The molecule has 0 bridgehead atoms. The van der Waals surface area contributed by atoms with E-state index in [1.165, 1.54) is 10.6 Å². The number of piperidine rings is 1. The minimum Gasteiger partial charge on any atom is -0.368 e. The van der Waals surface area contributed by atoms with Crippen LogP contribution < -0.4 is 11.1 Å². The van der Waals surface area contributed by atoms with E-state index in [0.717, 1.165) is 6.42 Å². The third-order valence-electron chi connectivity index (χ3n) is 3.23. The maximum absolute atomic E-state index is 11.5. The lowest BCUT2D eigenvalue weighted by molar-refractivity contribution is -0.126. The van der Waals surface area contributed by atoms with Crippen molar-refractivity contribution in [1.29, 1.82) is 0 Å². The molecule has 1 heterocycles. The summed E-state index contributed by atoms with van der Waals surface area (Å²) in [4.78, 5) is 11.5. The van der Waals surface area contributed by atoms with E-state index in [2.05, 4.69) is 5.32 Å². The van der Waals surface area contributed by atoms with Gasteiger partial charge in [-0.1, -0.05) is 6.92 Å². The van der Waals surface area contributed by atoms with Crippen molar-refractivity contribution in [2.24, 2.45) is 5.73 Å². The van der Waals surface area contributed by atoms with Gasteiger partial charge in [-0.15, -0.1) is 0 Å². The highest BCUT2D eigenvalue weighted by Gasteiger charge is 2.40. The van der Waals surface area contributed by atoms with Crippen LogP contribution in [-0.2, 0) is 14.8 Å². The third-order valence-corrected chi connectivity index (χ3v) is 4.53. The number of nitrogens with zero attached hydrogens (tertiary/aromatic N) is 1. The van der Waals surface area contributed by atoms with Crippen LogP contribution in [-0.4, -0.2) is 50.1 Å². The molecule has 1 aliphatic heterocycles. The van der Waals surface area contributed by atoms with Crippen LogP contribution in [0.3, 0.4) is 0 Å². The van der Waals surface area contributed by atoms with Crippen LogP contribution in [0.15, 0.2) is 0 Å². The first kappa shape index (κ1) is 14.4. The van der Waals surface area contributed by atoms with Crippen molar-refractivity contribution in [3.05, 3.63) is 0 Å². The predicted molar refractivity (Wildman–Crippen MR) is 65.9 cm³/mol. The first-order valence-electron chi connectivity index (χ1n) is 5.82. The van der Waals surface area contributed by atoms with Gasteiger partial charge in [0.25, 0.3) is 0 Å². The molecule has 1 rings (SSSR count). The maximum atomic E-state index is 11.5. The Morgan fingerprint density at radius 2 is 1.94 bits per heavy atom. The number of hydrogen-bond acceptors (Lipinski definition) is 4. The molecule has 1 fully saturated rings. The molecule has 0 radical (unpaired) electrons. The summed E-state index contributed by atoms with van der Waals surface area (Å²) < 4.78 is 24.1. The van der Waals surface area contributed by atoms with Crippen LogP contribution in [0.5, 0.6) is 0 Å². The van der Waals surface area contributed by atoms with Gasteiger partial charge in [0.1, 0.15) is 5.54 Å². The number of hydrogen-bond donors (Lipinski definition) is 2. The van der Waals surface area contributed by atoms with Gasteiger partial charge >= 0.3 is 0 Å². The molecule has 0 unspecified atom stereocenters. The molecule has 7 heteroatoms. The van der Waals surface area contributed by atoms with E-state index in [0.29, 0.717) is 32.5 Å². The summed E-state index contributed by atoms with van der Waals surface area (Å²) in [5, 5.41) is 3.16. The van der Waals surface area contributed by atoms with Crippen LogP contribution in [0.4, 0.5) is 0 Å². The lowest BCUT2D eigenvalue weighted by atomic mass is 9.87. The second-order valence-electron chi connectivity index (χ2n) is 4.54. The Balaban J connectivity index is 2.71. The highest BCUT2D eigenvalue weighted by molar-refractivity contribution is 7.88. The van der Waals surface area contributed by atoms with E-state index in [1.807, 2.05) is 6.92 Å². The summed E-state index contributed by atoms with van der Waals surface area (Å²) in [6.45, 7) is 3.41. The molecule has 0 aromatic heterocycles. The van der Waals surface area contributed by atoms with Gasteiger partial charge < -0.3 is 11.1 Å². The molecule has 1 saturated heterocycles. The summed E-state index contributed by atoms with van der Waals surface area (Å²) in [5.41, 5.74) is 4.69. The summed E-state index contributed by atoms with van der Waals surface area (Å²) >= 11 is 0. The van der Waals surface area contributed by atoms with Crippen molar-refractivity contribution >= 4 is 15.9 Å². The lowest BCUT2D eigenvalue weighted by Gasteiger charge is -2.39. The Labute approximate surface area is 103 Å². The predicted octanol–water partition coefficient (Wildman–Crippen LogP) is -0.734. The standard InChI is InChI=1S/C10H21N3O3S/c1-3-6-12-10(9(11)14)4-7-13(8-5-10)17(2,15)16/h12H,3-8H2,1-2H3,(H2,11,14). The number of carbonyl (C=O) groups excluding carboxylic acids is 1. The second-order valence-corrected chi connectivity index (χ2v) is 6.52. The Hall–Kier alpha value is -0.660. The fourth-order valence-corrected chi connectivity index (χ4v) is 2.92. The average Bonchev–Trinajstić information content (AvgIpc) is 2.25. The van der Waals surface area contributed by atoms with Crippen molar-refractivity contribution < 1.29 is 13.2 Å². The Kier molecular flexibility index (Phi) is 4.51. The van der Waals surface area contributed by atoms with Gasteiger partial charge in [-0.3, -0.25) is 4.79 Å². The van der Waals surface area contributed by atoms with Gasteiger partial charge in [-0.05, 0) is 25.8 Å². The summed E-state index contributed by atoms with van der Waals surface area (Å²) in [5.74, 6) is -0.390. The number of rotatable bonds is 5. The summed E-state index contributed by atoms with van der Waals surface area (Å²) in [6.07, 6.45) is 2.97. The third kappa shape index (κ3) is 3.40. The van der Waals surface area contributed by atoms with Crippen molar-refractivity contribution in [3.8, 4) is 0 Å². The Morgan fingerprint density at radius 1 is 1.41 bits per heavy atom. The van der Waals surface area contributed by atoms with Gasteiger partial charge in [-0.25, -0.2) is 12.7 Å². The normalized spacial score (nSPS) is 21.3. The van der Waals surface area contributed by atoms with Crippen molar-refractivity contribution in [2.75, 3.05) is 25.9 Å². The second kappa shape index (κ2) is 5.32. The fourth-order valence-electron chi connectivity index (χ4n) is 2.07. The Morgan fingerprint density at radius 3 is 2.29 bits per heavy atom. The molecule has 1 aliphatic rings. The molecule has 100 valence electrons. The lowest BCUT2D eigenvalue weighted by Crippen LogP contribution is -2.61. The monoisotopic (exact) mass is 263 g/mol. The van der Waals surface area contributed by atoms with Crippen LogP contribution in [0.2, 0.25) is 0 Å². The van der Waals surface area contributed by atoms with Crippen molar-refractivity contribution in [3.63, 3.8) is 0 Å². The molecular weight excluding hydrogens is 242 g/mol. The van der Waals surface area contributed by atoms with E-state index >= 15 is 0 Å². The van der Waals surface area contributed by atoms with E-state index < -0.39 is 15.6 Å². The van der Waals surface area contributed by atoms with E-state index in [9.17, 15) is 13.2 Å². The van der Waals surface area contributed by atoms with Crippen molar-refractivity contribution in [2.45, 2.75) is 31.7 Å². The molecule has 0 aromatic rings. The van der Waals surface area contributed by atoms with Gasteiger partial charge in [0, 0.05) is 13.1 Å². The number of carbonyl (C=O) groups is 1. The first-order chi connectivity index (χ1) is 7.82. The molecule has 6 nitrogen and oxygen atoms in total. The van der Waals surface area contributed by atoms with E-state index in [1.54, 1.807) is 0 Å². The maximum Gasteiger partial charge on any atom is 0.237 e. The first-order valence-corrected chi connectivity index (χ1v) is 7.67. The molecule has 0 spiro atoms. The van der Waals surface area contributed by atoms with Crippen LogP contribution in [0, 0.1) is 0 Å². The van der Waals surface area contributed by atoms with Crippen molar-refractivity contribution in [1.82, 2.24) is 9.62 Å². The smallest absolute Gasteiger partial charge is 0.237 e. The van der Waals surface area contributed by atoms with Gasteiger partial charge in [-0.2, -0.15) is 0 Å². The SMILES string of the molecule is CCCNC1(C(N)=O)CCN(S(C)(=O)=O)CC1. The molecule has 0 saturated carbocycles. The summed E-state index contributed by atoms with van der Waals surface area (Å²) in [7, 11) is -3.17. The average molecular weight is 263 g/mol. The molecule has 3 N–H and O–H groups in total. The molecule has 17 heavy (non-hydrogen) atoms. The molecular formula is C10H21N3O3S. The van der Waals surface area contributed by atoms with E-state index in [-0.39, 0.29) is 5.91 Å². The van der Waals surface area contributed by atoms with Crippen LogP contribution >= 0.6 is 0 Å². The highest BCUT2D eigenvalue weighted by atomic mass is 32.2. The molecule has 0 aliphatic carbocycles. The Bertz CT molecular complexity index is 372. The van der Waals surface area contributed by atoms with Gasteiger partial charge in [0.2, 0.25) is 15.9 Å². The number of amides is 1. The topological polar surface area (TPSA) is 92.5 Å². The van der Waals surface area contributed by atoms with E-state index in [4.69, 9.17) is 5.73 Å². The zero-order valence-corrected chi connectivity index (χ0v) is 11.2. The van der Waals surface area contributed by atoms with Crippen LogP contribution in [0.25, 0.3) is 0 Å². The number of nitrogens with one attached hydrogen (secondary N) is 1. The quantitative estimate of drug-likeness (QED) is 0.683. The fraction of sp³-hybridized carbons (Fsp3) is 0.900. The highest BCUT2D eigenvalue weighted by Crippen LogP contribution is 2.23. The minimum atomic E-state index is -3.17. The zero-order chi connectivity index (χ0) is 13.1. The number of primary amides is 1. The molecule has 1 amide bonds. The molecule has 0 atom stereocenters. The number of nitrogens with two attached hydrogens (primary N) is 1. The largest absolute Gasteiger partial charge is 0.368 e. The number of sulfonamides is 1. The van der Waals surface area contributed by atoms with Gasteiger partial charge in [0.15, 0.2) is 0 Å². The zero-order valence-electron chi connectivity index (χ0n) is 10.4. The minimum absolute atomic E-state index is 0.346. The molecule has 0 aromatic carbocycles. The van der Waals surface area contributed by atoms with Gasteiger partial charge in [0.05, 0.1) is 6.26 Å². The van der Waals surface area contributed by atoms with Crippen LogP contribution in [0.1, 0.15) is 26.2 Å². The summed E-state index contributed by atoms with van der Waals surface area (Å²) in [6, 6.07) is 0.